The number of hydrogen-bond acceptors (Lipinski definition) is 4. The third-order valence-corrected chi connectivity index (χ3v) is 4.87. The van der Waals surface area contributed by atoms with E-state index in [1.165, 1.54) is 0 Å². The standard InChI is InChI=1S/C16H19N3O2S/c1-2-11-5-3-4-6-13(11)19-10-12(9-14(19)20)15(21)18-16-17-7-8-22-16/h3-6,12H,2,7-10H2,1H3,(H,17,18,21)/t12-/m1/s1. The minimum atomic E-state index is -0.304. The van der Waals surface area contributed by atoms with E-state index in [2.05, 4.69) is 17.2 Å². The van der Waals surface area contributed by atoms with Crippen LogP contribution < -0.4 is 10.2 Å². The number of rotatable bonds is 3. The second-order valence-corrected chi connectivity index (χ2v) is 6.50. The molecule has 2 aliphatic heterocycles. The number of carbonyl (C=O) groups excluding carboxylic acids is 2. The molecule has 0 saturated carbocycles. The Labute approximate surface area is 134 Å². The van der Waals surface area contributed by atoms with Crippen molar-refractivity contribution in [3.8, 4) is 0 Å². The van der Waals surface area contributed by atoms with E-state index in [0.29, 0.717) is 11.7 Å². The van der Waals surface area contributed by atoms with Crippen molar-refractivity contribution in [2.75, 3.05) is 23.7 Å². The highest BCUT2D eigenvalue weighted by Gasteiger charge is 2.36. The van der Waals surface area contributed by atoms with E-state index in [0.717, 1.165) is 30.0 Å². The first-order chi connectivity index (χ1) is 10.7. The molecular formula is C16H19N3O2S. The highest BCUT2D eigenvalue weighted by molar-refractivity contribution is 8.14. The van der Waals surface area contributed by atoms with Crippen LogP contribution in [-0.2, 0) is 16.0 Å². The second kappa shape index (κ2) is 6.52. The Balaban J connectivity index is 1.71. The summed E-state index contributed by atoms with van der Waals surface area (Å²) < 4.78 is 0. The van der Waals surface area contributed by atoms with E-state index >= 15 is 0 Å². The van der Waals surface area contributed by atoms with Gasteiger partial charge in [-0.2, -0.15) is 0 Å². The Morgan fingerprint density at radius 1 is 1.45 bits per heavy atom. The smallest absolute Gasteiger partial charge is 0.231 e. The van der Waals surface area contributed by atoms with Crippen LogP contribution in [0.5, 0.6) is 0 Å². The number of thioether (sulfide) groups is 1. The van der Waals surface area contributed by atoms with Crippen LogP contribution in [-0.4, -0.2) is 35.8 Å². The van der Waals surface area contributed by atoms with Gasteiger partial charge in [-0.3, -0.25) is 14.6 Å². The van der Waals surface area contributed by atoms with Gasteiger partial charge in [0.1, 0.15) is 0 Å². The summed E-state index contributed by atoms with van der Waals surface area (Å²) >= 11 is 1.55. The summed E-state index contributed by atoms with van der Waals surface area (Å²) in [5.74, 6) is 0.524. The maximum absolute atomic E-state index is 12.3. The normalized spacial score (nSPS) is 21.1. The quantitative estimate of drug-likeness (QED) is 0.925. The molecule has 1 saturated heterocycles. The highest BCUT2D eigenvalue weighted by Crippen LogP contribution is 2.28. The lowest BCUT2D eigenvalue weighted by Gasteiger charge is -2.19. The fourth-order valence-electron chi connectivity index (χ4n) is 2.81. The number of nitrogens with zero attached hydrogens (tertiary/aromatic N) is 2. The summed E-state index contributed by atoms with van der Waals surface area (Å²) in [6.45, 7) is 3.26. The van der Waals surface area contributed by atoms with Gasteiger partial charge >= 0.3 is 0 Å². The zero-order valence-corrected chi connectivity index (χ0v) is 13.4. The van der Waals surface area contributed by atoms with Crippen LogP contribution in [0.15, 0.2) is 29.3 Å². The third-order valence-electron chi connectivity index (χ3n) is 3.97. The molecule has 0 aliphatic carbocycles. The number of aryl methyl sites for hydroxylation is 1. The number of anilines is 1. The molecule has 6 heteroatoms. The number of carbonyl (C=O) groups is 2. The molecule has 2 heterocycles. The molecular weight excluding hydrogens is 298 g/mol. The molecule has 2 amide bonds. The van der Waals surface area contributed by atoms with Crippen molar-refractivity contribution < 1.29 is 9.59 Å². The van der Waals surface area contributed by atoms with Crippen molar-refractivity contribution in [1.82, 2.24) is 5.32 Å². The van der Waals surface area contributed by atoms with Crippen LogP contribution in [0.2, 0.25) is 0 Å². The van der Waals surface area contributed by atoms with E-state index in [-0.39, 0.29) is 24.2 Å². The van der Waals surface area contributed by atoms with Crippen LogP contribution in [0.4, 0.5) is 5.69 Å². The molecule has 3 rings (SSSR count). The number of para-hydroxylation sites is 1. The first-order valence-electron chi connectivity index (χ1n) is 7.55. The Morgan fingerprint density at radius 3 is 3.00 bits per heavy atom. The molecule has 0 radical (unpaired) electrons. The molecule has 1 aromatic rings. The van der Waals surface area contributed by atoms with Crippen molar-refractivity contribution in [2.45, 2.75) is 19.8 Å². The number of benzene rings is 1. The highest BCUT2D eigenvalue weighted by atomic mass is 32.2. The van der Waals surface area contributed by atoms with Gasteiger partial charge in [0.25, 0.3) is 0 Å². The average Bonchev–Trinajstić information content (AvgIpc) is 3.16. The summed E-state index contributed by atoms with van der Waals surface area (Å²) in [6, 6.07) is 7.88. The molecule has 2 aliphatic rings. The summed E-state index contributed by atoms with van der Waals surface area (Å²) in [5.41, 5.74) is 2.06. The molecule has 22 heavy (non-hydrogen) atoms. The number of aliphatic imine (C=N–C) groups is 1. The maximum atomic E-state index is 12.3. The molecule has 0 aromatic heterocycles. The van der Waals surface area contributed by atoms with Crippen LogP contribution in [0.3, 0.4) is 0 Å². The van der Waals surface area contributed by atoms with Gasteiger partial charge in [0.05, 0.1) is 12.5 Å². The maximum Gasteiger partial charge on any atom is 0.231 e. The van der Waals surface area contributed by atoms with Crippen LogP contribution in [0, 0.1) is 5.92 Å². The zero-order chi connectivity index (χ0) is 15.5. The fourth-order valence-corrected chi connectivity index (χ4v) is 3.54. The number of amides is 2. The predicted molar refractivity (Wildman–Crippen MR) is 89.2 cm³/mol. The molecule has 1 fully saturated rings. The van der Waals surface area contributed by atoms with E-state index in [9.17, 15) is 9.59 Å². The fraction of sp³-hybridized carbons (Fsp3) is 0.438. The largest absolute Gasteiger partial charge is 0.311 e. The van der Waals surface area contributed by atoms with Gasteiger partial charge in [0, 0.05) is 24.4 Å². The SMILES string of the molecule is CCc1ccccc1N1C[C@H](C(=O)NC2=NCCS2)CC1=O. The zero-order valence-electron chi connectivity index (χ0n) is 12.5. The summed E-state index contributed by atoms with van der Waals surface area (Å²) in [7, 11) is 0. The molecule has 0 unspecified atom stereocenters. The van der Waals surface area contributed by atoms with E-state index in [4.69, 9.17) is 0 Å². The summed E-state index contributed by atoms with van der Waals surface area (Å²) in [5, 5.41) is 3.52. The van der Waals surface area contributed by atoms with E-state index in [1.807, 2.05) is 24.3 Å². The second-order valence-electron chi connectivity index (χ2n) is 5.41. The predicted octanol–water partition coefficient (Wildman–Crippen LogP) is 1.82. The Hall–Kier alpha value is -1.82. The topological polar surface area (TPSA) is 61.8 Å². The van der Waals surface area contributed by atoms with Crippen molar-refractivity contribution in [2.24, 2.45) is 10.9 Å². The first kappa shape index (κ1) is 15.1. The minimum absolute atomic E-state index is 0.0158. The van der Waals surface area contributed by atoms with Gasteiger partial charge in [-0.15, -0.1) is 0 Å². The van der Waals surface area contributed by atoms with Gasteiger partial charge in [-0.05, 0) is 18.1 Å². The number of amidine groups is 1. The van der Waals surface area contributed by atoms with E-state index < -0.39 is 0 Å². The molecule has 1 N–H and O–H groups in total. The van der Waals surface area contributed by atoms with Crippen LogP contribution in [0.25, 0.3) is 0 Å². The van der Waals surface area contributed by atoms with Gasteiger partial charge in [-0.25, -0.2) is 0 Å². The van der Waals surface area contributed by atoms with E-state index in [1.54, 1.807) is 16.7 Å². The Morgan fingerprint density at radius 2 is 2.27 bits per heavy atom. The molecule has 1 atom stereocenters. The third kappa shape index (κ3) is 3.02. The van der Waals surface area contributed by atoms with Crippen molar-refractivity contribution in [1.29, 1.82) is 0 Å². The monoisotopic (exact) mass is 317 g/mol. The van der Waals surface area contributed by atoms with Crippen molar-refractivity contribution in [3.05, 3.63) is 29.8 Å². The lowest BCUT2D eigenvalue weighted by Crippen LogP contribution is -2.35. The molecule has 116 valence electrons. The lowest BCUT2D eigenvalue weighted by molar-refractivity contribution is -0.125. The summed E-state index contributed by atoms with van der Waals surface area (Å²) in [4.78, 5) is 30.6. The van der Waals surface area contributed by atoms with Crippen molar-refractivity contribution in [3.63, 3.8) is 0 Å². The first-order valence-corrected chi connectivity index (χ1v) is 8.54. The van der Waals surface area contributed by atoms with Crippen LogP contribution in [0.1, 0.15) is 18.9 Å². The molecule has 1 aromatic carbocycles. The average molecular weight is 317 g/mol. The number of hydrogen-bond donors (Lipinski definition) is 1. The van der Waals surface area contributed by atoms with Crippen molar-refractivity contribution >= 4 is 34.4 Å². The molecule has 5 nitrogen and oxygen atoms in total. The van der Waals surface area contributed by atoms with Gasteiger partial charge in [0.2, 0.25) is 11.8 Å². The number of nitrogens with one attached hydrogen (secondary N) is 1. The van der Waals surface area contributed by atoms with Crippen LogP contribution >= 0.6 is 11.8 Å². The summed E-state index contributed by atoms with van der Waals surface area (Å²) in [6.07, 6.45) is 1.13. The Bertz CT molecular complexity index is 630. The minimum Gasteiger partial charge on any atom is -0.311 e. The molecule has 0 spiro atoms. The lowest BCUT2D eigenvalue weighted by atomic mass is 10.1. The van der Waals surface area contributed by atoms with Gasteiger partial charge in [0.15, 0.2) is 5.17 Å². The molecule has 0 bridgehead atoms. The van der Waals surface area contributed by atoms with Gasteiger partial charge < -0.3 is 10.2 Å². The Kier molecular flexibility index (Phi) is 4.47. The van der Waals surface area contributed by atoms with Gasteiger partial charge in [-0.1, -0.05) is 36.9 Å².